The number of aliphatic carboxylic acids is 1. The fraction of sp³-hybridized carbons (Fsp3) is 0.357. The Labute approximate surface area is 117 Å². The van der Waals surface area contributed by atoms with Crippen molar-refractivity contribution in [3.8, 4) is 0 Å². The van der Waals surface area contributed by atoms with Gasteiger partial charge in [-0.3, -0.25) is 14.9 Å². The number of aryl methyl sites for hydroxylation is 2. The number of hydrogen-bond donors (Lipinski definition) is 3. The Morgan fingerprint density at radius 3 is 2.25 bits per heavy atom. The molecule has 0 heterocycles. The Hall–Kier alpha value is -2.37. The van der Waals surface area contributed by atoms with Crippen molar-refractivity contribution in [2.24, 2.45) is 0 Å². The van der Waals surface area contributed by atoms with Crippen molar-refractivity contribution in [3.63, 3.8) is 0 Å². The summed E-state index contributed by atoms with van der Waals surface area (Å²) < 4.78 is 0. The number of carboxylic acid groups (broad SMARTS) is 1. The van der Waals surface area contributed by atoms with E-state index in [9.17, 15) is 14.4 Å². The number of carbonyl (C=O) groups is 3. The average Bonchev–Trinajstić information content (AvgIpc) is 2.33. The molecule has 20 heavy (non-hydrogen) atoms. The summed E-state index contributed by atoms with van der Waals surface area (Å²) in [6, 6.07) is 4.99. The predicted octanol–water partition coefficient (Wildman–Crippen LogP) is 2.21. The van der Waals surface area contributed by atoms with E-state index in [0.717, 1.165) is 11.1 Å². The number of hydrogen-bond acceptors (Lipinski definition) is 3. The van der Waals surface area contributed by atoms with E-state index in [1.807, 2.05) is 32.0 Å². The van der Waals surface area contributed by atoms with Crippen LogP contribution in [0.4, 0.5) is 10.5 Å². The summed E-state index contributed by atoms with van der Waals surface area (Å²) in [5.41, 5.74) is 2.47. The minimum atomic E-state index is -0.960. The highest BCUT2D eigenvalue weighted by atomic mass is 16.4. The monoisotopic (exact) mass is 278 g/mol. The van der Waals surface area contributed by atoms with Gasteiger partial charge in [0.2, 0.25) is 5.91 Å². The van der Waals surface area contributed by atoms with E-state index in [0.29, 0.717) is 5.69 Å². The topological polar surface area (TPSA) is 95.5 Å². The summed E-state index contributed by atoms with van der Waals surface area (Å²) in [4.78, 5) is 33.4. The first-order chi connectivity index (χ1) is 9.40. The molecule has 0 unspecified atom stereocenters. The summed E-state index contributed by atoms with van der Waals surface area (Å²) in [6.45, 7) is 3.72. The zero-order chi connectivity index (χ0) is 15.1. The number of imide groups is 1. The van der Waals surface area contributed by atoms with E-state index in [2.05, 4.69) is 10.6 Å². The van der Waals surface area contributed by atoms with Crippen LogP contribution in [-0.2, 0) is 9.59 Å². The molecule has 108 valence electrons. The number of urea groups is 1. The normalized spacial score (nSPS) is 9.90. The summed E-state index contributed by atoms with van der Waals surface area (Å²) in [6.07, 6.45) is 0.121. The van der Waals surface area contributed by atoms with Gasteiger partial charge in [-0.05, 0) is 31.4 Å². The minimum absolute atomic E-state index is 0.00642. The van der Waals surface area contributed by atoms with Crippen LogP contribution in [0.15, 0.2) is 18.2 Å². The fourth-order valence-corrected chi connectivity index (χ4v) is 1.75. The minimum Gasteiger partial charge on any atom is -0.481 e. The van der Waals surface area contributed by atoms with Crippen molar-refractivity contribution in [1.82, 2.24) is 5.32 Å². The van der Waals surface area contributed by atoms with Crippen molar-refractivity contribution in [3.05, 3.63) is 29.3 Å². The Morgan fingerprint density at radius 2 is 1.70 bits per heavy atom. The molecule has 6 nitrogen and oxygen atoms in total. The summed E-state index contributed by atoms with van der Waals surface area (Å²) in [7, 11) is 0. The van der Waals surface area contributed by atoms with E-state index in [1.165, 1.54) is 0 Å². The van der Waals surface area contributed by atoms with E-state index in [-0.39, 0.29) is 19.3 Å². The highest BCUT2D eigenvalue weighted by molar-refractivity contribution is 6.01. The smallest absolute Gasteiger partial charge is 0.325 e. The van der Waals surface area contributed by atoms with Gasteiger partial charge in [0, 0.05) is 18.5 Å². The van der Waals surface area contributed by atoms with Gasteiger partial charge in [-0.2, -0.15) is 0 Å². The lowest BCUT2D eigenvalue weighted by molar-refractivity contribution is -0.137. The van der Waals surface area contributed by atoms with Crippen LogP contribution < -0.4 is 10.6 Å². The molecule has 0 aliphatic carbocycles. The van der Waals surface area contributed by atoms with Crippen LogP contribution in [0, 0.1) is 13.8 Å². The third-order valence-electron chi connectivity index (χ3n) is 2.77. The second-order valence-electron chi connectivity index (χ2n) is 4.52. The van der Waals surface area contributed by atoms with E-state index in [4.69, 9.17) is 5.11 Å². The standard InChI is InChI=1S/C14H18N2O4/c1-9-5-3-6-10(2)13(9)16-14(20)15-11(17)7-4-8-12(18)19/h3,5-6H,4,7-8H2,1-2H3,(H,18,19)(H2,15,16,17,20). The molecule has 6 heteroatoms. The quantitative estimate of drug-likeness (QED) is 0.769. The van der Waals surface area contributed by atoms with Gasteiger partial charge in [0.25, 0.3) is 0 Å². The molecule has 0 saturated heterocycles. The number of benzene rings is 1. The number of carbonyl (C=O) groups excluding carboxylic acids is 2. The Balaban J connectivity index is 2.47. The summed E-state index contributed by atoms with van der Waals surface area (Å²) in [5, 5.41) is 13.2. The van der Waals surface area contributed by atoms with Gasteiger partial charge in [0.05, 0.1) is 0 Å². The Morgan fingerprint density at radius 1 is 1.10 bits per heavy atom. The lowest BCUT2D eigenvalue weighted by Crippen LogP contribution is -2.34. The zero-order valence-electron chi connectivity index (χ0n) is 11.5. The molecule has 1 aromatic carbocycles. The van der Waals surface area contributed by atoms with Crippen LogP contribution in [0.25, 0.3) is 0 Å². The maximum atomic E-state index is 11.7. The molecule has 3 amide bonds. The highest BCUT2D eigenvalue weighted by Gasteiger charge is 2.10. The first kappa shape index (κ1) is 15.7. The number of amides is 3. The number of rotatable bonds is 5. The van der Waals surface area contributed by atoms with Gasteiger partial charge in [-0.25, -0.2) is 4.79 Å². The predicted molar refractivity (Wildman–Crippen MR) is 74.6 cm³/mol. The second kappa shape index (κ2) is 7.28. The molecule has 0 bridgehead atoms. The van der Waals surface area contributed by atoms with Crippen molar-refractivity contribution in [2.75, 3.05) is 5.32 Å². The third kappa shape index (κ3) is 5.09. The molecular weight excluding hydrogens is 260 g/mol. The van der Waals surface area contributed by atoms with Gasteiger partial charge in [0.1, 0.15) is 0 Å². The molecule has 0 aromatic heterocycles. The molecule has 0 atom stereocenters. The first-order valence-electron chi connectivity index (χ1n) is 6.29. The average molecular weight is 278 g/mol. The van der Waals surface area contributed by atoms with Crippen molar-refractivity contribution in [2.45, 2.75) is 33.1 Å². The molecule has 0 spiro atoms. The van der Waals surface area contributed by atoms with Gasteiger partial charge in [0.15, 0.2) is 0 Å². The zero-order valence-corrected chi connectivity index (χ0v) is 11.5. The van der Waals surface area contributed by atoms with Crippen LogP contribution in [-0.4, -0.2) is 23.0 Å². The first-order valence-corrected chi connectivity index (χ1v) is 6.29. The van der Waals surface area contributed by atoms with Crippen molar-refractivity contribution < 1.29 is 19.5 Å². The second-order valence-corrected chi connectivity index (χ2v) is 4.52. The number of carboxylic acids is 1. The lowest BCUT2D eigenvalue weighted by Gasteiger charge is -2.11. The number of para-hydroxylation sites is 1. The summed E-state index contributed by atoms with van der Waals surface area (Å²) >= 11 is 0. The third-order valence-corrected chi connectivity index (χ3v) is 2.77. The lowest BCUT2D eigenvalue weighted by atomic mass is 10.1. The van der Waals surface area contributed by atoms with E-state index >= 15 is 0 Å². The van der Waals surface area contributed by atoms with Crippen LogP contribution in [0.2, 0.25) is 0 Å². The van der Waals surface area contributed by atoms with Crippen LogP contribution in [0.1, 0.15) is 30.4 Å². The molecule has 1 rings (SSSR count). The Bertz CT molecular complexity index is 506. The van der Waals surface area contributed by atoms with Gasteiger partial charge in [-0.15, -0.1) is 0 Å². The molecule has 0 radical (unpaired) electrons. The fourth-order valence-electron chi connectivity index (χ4n) is 1.75. The molecular formula is C14H18N2O4. The van der Waals surface area contributed by atoms with Gasteiger partial charge in [-0.1, -0.05) is 18.2 Å². The summed E-state index contributed by atoms with van der Waals surface area (Å²) in [5.74, 6) is -1.45. The van der Waals surface area contributed by atoms with Crippen LogP contribution >= 0.6 is 0 Å². The SMILES string of the molecule is Cc1cccc(C)c1NC(=O)NC(=O)CCCC(=O)O. The van der Waals surface area contributed by atoms with E-state index < -0.39 is 17.9 Å². The molecule has 0 fully saturated rings. The molecule has 0 saturated carbocycles. The largest absolute Gasteiger partial charge is 0.481 e. The molecule has 0 aliphatic rings. The molecule has 1 aromatic rings. The number of nitrogens with one attached hydrogen (secondary N) is 2. The number of anilines is 1. The van der Waals surface area contributed by atoms with Gasteiger partial charge < -0.3 is 10.4 Å². The maximum Gasteiger partial charge on any atom is 0.325 e. The van der Waals surface area contributed by atoms with Crippen molar-refractivity contribution in [1.29, 1.82) is 0 Å². The van der Waals surface area contributed by atoms with Crippen LogP contribution in [0.3, 0.4) is 0 Å². The van der Waals surface area contributed by atoms with Gasteiger partial charge >= 0.3 is 12.0 Å². The molecule has 0 aliphatic heterocycles. The molecule has 3 N–H and O–H groups in total. The van der Waals surface area contributed by atoms with Crippen LogP contribution in [0.5, 0.6) is 0 Å². The highest BCUT2D eigenvalue weighted by Crippen LogP contribution is 2.18. The van der Waals surface area contributed by atoms with Crippen molar-refractivity contribution >= 4 is 23.6 Å². The Kier molecular flexibility index (Phi) is 5.71. The van der Waals surface area contributed by atoms with E-state index in [1.54, 1.807) is 0 Å². The maximum absolute atomic E-state index is 11.7.